The van der Waals surface area contributed by atoms with E-state index in [9.17, 15) is 4.79 Å². The minimum absolute atomic E-state index is 0.0990. The van der Waals surface area contributed by atoms with Crippen LogP contribution >= 0.6 is 0 Å². The van der Waals surface area contributed by atoms with E-state index in [-0.39, 0.29) is 5.91 Å². The number of nitrogens with zero attached hydrogens (tertiary/aromatic N) is 4. The Kier molecular flexibility index (Phi) is 5.17. The van der Waals surface area contributed by atoms with Crippen molar-refractivity contribution in [3.8, 4) is 28.5 Å². The van der Waals surface area contributed by atoms with Gasteiger partial charge in [0, 0.05) is 18.3 Å². The van der Waals surface area contributed by atoms with E-state index >= 15 is 0 Å². The maximum atomic E-state index is 12.0. The summed E-state index contributed by atoms with van der Waals surface area (Å²) >= 11 is 0. The molecule has 154 valence electrons. The summed E-state index contributed by atoms with van der Waals surface area (Å²) in [5.74, 6) is 2.09. The van der Waals surface area contributed by atoms with E-state index in [4.69, 9.17) is 4.74 Å². The van der Waals surface area contributed by atoms with E-state index in [1.54, 1.807) is 16.9 Å². The molecule has 1 amide bonds. The minimum Gasteiger partial charge on any atom is -0.493 e. The van der Waals surface area contributed by atoms with Crippen molar-refractivity contribution < 1.29 is 9.53 Å². The van der Waals surface area contributed by atoms with Crippen LogP contribution in [0.2, 0.25) is 0 Å². The molecule has 3 aromatic rings. The predicted octanol–water partition coefficient (Wildman–Crippen LogP) is 3.71. The van der Waals surface area contributed by atoms with Gasteiger partial charge in [0.2, 0.25) is 0 Å². The second-order valence-corrected chi connectivity index (χ2v) is 8.00. The minimum atomic E-state index is -0.0990. The fourth-order valence-electron chi connectivity index (χ4n) is 4.17. The van der Waals surface area contributed by atoms with Crippen LogP contribution in [0.4, 0.5) is 0 Å². The van der Waals surface area contributed by atoms with Gasteiger partial charge in [-0.15, -0.1) is 0 Å². The number of fused-ring (bicyclic) bond motifs is 1. The standard InChI is InChI=1S/C23H25N5O2/c29-23-21-14-20(27-28(21)13-12-25-23)19-10-11-24-22(26-19)17-6-8-18(9-7-17)30-15-16-4-2-1-3-5-16/h6-11,14,16H,1-5,12-13,15H2,(H,25,29). The van der Waals surface area contributed by atoms with Crippen LogP contribution in [0.5, 0.6) is 5.75 Å². The van der Waals surface area contributed by atoms with Gasteiger partial charge in [-0.2, -0.15) is 5.10 Å². The summed E-state index contributed by atoms with van der Waals surface area (Å²) in [6, 6.07) is 11.5. The average Bonchev–Trinajstić information content (AvgIpc) is 3.25. The lowest BCUT2D eigenvalue weighted by Crippen LogP contribution is -2.35. The van der Waals surface area contributed by atoms with E-state index in [0.717, 1.165) is 17.9 Å². The summed E-state index contributed by atoms with van der Waals surface area (Å²) in [4.78, 5) is 21.1. The number of carbonyl (C=O) groups is 1. The number of nitrogens with one attached hydrogen (secondary N) is 1. The molecular weight excluding hydrogens is 378 g/mol. The lowest BCUT2D eigenvalue weighted by molar-refractivity contribution is 0.0924. The van der Waals surface area contributed by atoms with E-state index in [0.29, 0.717) is 41.9 Å². The highest BCUT2D eigenvalue weighted by molar-refractivity contribution is 5.94. The number of hydrogen-bond acceptors (Lipinski definition) is 5. The fraction of sp³-hybridized carbons (Fsp3) is 0.391. The van der Waals surface area contributed by atoms with Crippen molar-refractivity contribution in [3.63, 3.8) is 0 Å². The van der Waals surface area contributed by atoms with Gasteiger partial charge in [0.05, 0.1) is 18.8 Å². The molecule has 2 aliphatic rings. The summed E-state index contributed by atoms with van der Waals surface area (Å²) in [5.41, 5.74) is 2.87. The Balaban J connectivity index is 1.31. The Hall–Kier alpha value is -3.22. The smallest absolute Gasteiger partial charge is 0.269 e. The van der Waals surface area contributed by atoms with Crippen molar-refractivity contribution in [3.05, 3.63) is 48.3 Å². The molecule has 1 saturated carbocycles. The van der Waals surface area contributed by atoms with Gasteiger partial charge < -0.3 is 10.1 Å². The molecule has 7 nitrogen and oxygen atoms in total. The first-order chi connectivity index (χ1) is 14.8. The fourth-order valence-corrected chi connectivity index (χ4v) is 4.17. The topological polar surface area (TPSA) is 81.9 Å². The first-order valence-corrected chi connectivity index (χ1v) is 10.7. The second-order valence-electron chi connectivity index (χ2n) is 8.00. The molecule has 1 aliphatic heterocycles. The Morgan fingerprint density at radius 1 is 1.07 bits per heavy atom. The molecule has 7 heteroatoms. The van der Waals surface area contributed by atoms with Gasteiger partial charge in [-0.1, -0.05) is 19.3 Å². The quantitative estimate of drug-likeness (QED) is 0.702. The molecule has 0 bridgehead atoms. The zero-order valence-electron chi connectivity index (χ0n) is 16.9. The van der Waals surface area contributed by atoms with E-state index in [1.165, 1.54) is 32.1 Å². The third-order valence-electron chi connectivity index (χ3n) is 5.86. The summed E-state index contributed by atoms with van der Waals surface area (Å²) in [6.07, 6.45) is 8.29. The molecule has 5 rings (SSSR count). The van der Waals surface area contributed by atoms with Crippen LogP contribution in [0.15, 0.2) is 42.6 Å². The molecule has 0 unspecified atom stereocenters. The molecule has 0 spiro atoms. The molecule has 1 fully saturated rings. The molecule has 1 aromatic carbocycles. The third kappa shape index (κ3) is 3.92. The van der Waals surface area contributed by atoms with E-state index in [1.807, 2.05) is 30.3 Å². The van der Waals surface area contributed by atoms with Crippen LogP contribution in [-0.2, 0) is 6.54 Å². The molecule has 30 heavy (non-hydrogen) atoms. The zero-order valence-corrected chi connectivity index (χ0v) is 16.9. The lowest BCUT2D eigenvalue weighted by atomic mass is 9.90. The lowest BCUT2D eigenvalue weighted by Gasteiger charge is -2.21. The van der Waals surface area contributed by atoms with Crippen LogP contribution in [0.1, 0.15) is 42.6 Å². The van der Waals surface area contributed by atoms with Gasteiger partial charge in [-0.25, -0.2) is 9.97 Å². The van der Waals surface area contributed by atoms with Crippen LogP contribution in [0.3, 0.4) is 0 Å². The van der Waals surface area contributed by atoms with Crippen molar-refractivity contribution in [2.45, 2.75) is 38.6 Å². The third-order valence-corrected chi connectivity index (χ3v) is 5.86. The Morgan fingerprint density at radius 3 is 2.70 bits per heavy atom. The summed E-state index contributed by atoms with van der Waals surface area (Å²) in [6.45, 7) is 2.06. The van der Waals surface area contributed by atoms with Gasteiger partial charge in [0.15, 0.2) is 5.82 Å². The number of benzene rings is 1. The first kappa shape index (κ1) is 18.8. The van der Waals surface area contributed by atoms with E-state index < -0.39 is 0 Å². The van der Waals surface area contributed by atoms with Gasteiger partial charge in [-0.3, -0.25) is 9.48 Å². The number of rotatable bonds is 5. The van der Waals surface area contributed by atoms with Gasteiger partial charge in [0.1, 0.15) is 17.1 Å². The van der Waals surface area contributed by atoms with Crippen molar-refractivity contribution >= 4 is 5.91 Å². The van der Waals surface area contributed by atoms with Gasteiger partial charge in [-0.05, 0) is 55.2 Å². The van der Waals surface area contributed by atoms with Crippen LogP contribution < -0.4 is 10.1 Å². The van der Waals surface area contributed by atoms with Crippen molar-refractivity contribution in [1.82, 2.24) is 25.1 Å². The van der Waals surface area contributed by atoms with Crippen LogP contribution in [-0.4, -0.2) is 38.8 Å². The predicted molar refractivity (Wildman–Crippen MR) is 113 cm³/mol. The molecular formula is C23H25N5O2. The van der Waals surface area contributed by atoms with Crippen molar-refractivity contribution in [1.29, 1.82) is 0 Å². The highest BCUT2D eigenvalue weighted by Gasteiger charge is 2.20. The van der Waals surface area contributed by atoms with E-state index in [2.05, 4.69) is 20.4 Å². The van der Waals surface area contributed by atoms with Crippen LogP contribution in [0, 0.1) is 5.92 Å². The summed E-state index contributed by atoms with van der Waals surface area (Å²) in [5, 5.41) is 7.37. The first-order valence-electron chi connectivity index (χ1n) is 10.7. The Morgan fingerprint density at radius 2 is 1.90 bits per heavy atom. The molecule has 0 radical (unpaired) electrons. The average molecular weight is 403 g/mol. The highest BCUT2D eigenvalue weighted by Crippen LogP contribution is 2.26. The number of ether oxygens (including phenoxy) is 1. The van der Waals surface area contributed by atoms with Crippen molar-refractivity contribution in [2.75, 3.05) is 13.2 Å². The van der Waals surface area contributed by atoms with Gasteiger partial charge >= 0.3 is 0 Å². The monoisotopic (exact) mass is 403 g/mol. The number of hydrogen-bond donors (Lipinski definition) is 1. The molecule has 2 aromatic heterocycles. The van der Waals surface area contributed by atoms with Crippen LogP contribution in [0.25, 0.3) is 22.8 Å². The largest absolute Gasteiger partial charge is 0.493 e. The second kappa shape index (κ2) is 8.26. The Bertz CT molecular complexity index is 1040. The summed E-state index contributed by atoms with van der Waals surface area (Å²) in [7, 11) is 0. The maximum Gasteiger partial charge on any atom is 0.269 e. The molecule has 1 aliphatic carbocycles. The summed E-state index contributed by atoms with van der Waals surface area (Å²) < 4.78 is 7.73. The normalized spacial score (nSPS) is 16.7. The Labute approximate surface area is 175 Å². The molecule has 3 heterocycles. The number of carbonyl (C=O) groups excluding carboxylic acids is 1. The highest BCUT2D eigenvalue weighted by atomic mass is 16.5. The molecule has 0 saturated heterocycles. The molecule has 1 N–H and O–H groups in total. The van der Waals surface area contributed by atoms with Gasteiger partial charge in [0.25, 0.3) is 5.91 Å². The zero-order chi connectivity index (χ0) is 20.3. The SMILES string of the molecule is O=C1NCCn2nc(-c3ccnc(-c4ccc(OCC5CCCCC5)cc4)n3)cc21. The maximum absolute atomic E-state index is 12.0. The van der Waals surface area contributed by atoms with Crippen molar-refractivity contribution in [2.24, 2.45) is 5.92 Å². The number of aromatic nitrogens is 4. The molecule has 0 atom stereocenters. The number of amides is 1.